The summed E-state index contributed by atoms with van der Waals surface area (Å²) in [6.07, 6.45) is 0. The highest BCUT2D eigenvalue weighted by Gasteiger charge is 2.23. The predicted molar refractivity (Wildman–Crippen MR) is 86.1 cm³/mol. The summed E-state index contributed by atoms with van der Waals surface area (Å²) in [6, 6.07) is 6.55. The molecule has 2 rings (SSSR count). The number of sulfonamides is 1. The lowest BCUT2D eigenvalue weighted by Crippen LogP contribution is -2.15. The van der Waals surface area contributed by atoms with Crippen LogP contribution in [-0.2, 0) is 10.0 Å². The van der Waals surface area contributed by atoms with Crippen LogP contribution in [0.15, 0.2) is 37.4 Å². The summed E-state index contributed by atoms with van der Waals surface area (Å²) in [5.74, 6) is 0. The van der Waals surface area contributed by atoms with Crippen molar-refractivity contribution < 1.29 is 8.42 Å². The van der Waals surface area contributed by atoms with Crippen LogP contribution in [0.4, 0.5) is 10.7 Å². The normalized spacial score (nSPS) is 11.1. The predicted octanol–water partition coefficient (Wildman–Crippen LogP) is 3.53. The first kappa shape index (κ1) is 15.3. The number of rotatable bonds is 3. The zero-order valence-corrected chi connectivity index (χ0v) is 14.5. The third kappa shape index (κ3) is 2.98. The van der Waals surface area contributed by atoms with Gasteiger partial charge in [0.15, 0.2) is 0 Å². The molecule has 0 aliphatic heterocycles. The van der Waals surface area contributed by atoms with Gasteiger partial charge in [-0.25, -0.2) is 8.42 Å². The SMILES string of the molecule is N#Cc1ccsc1NS(=O)(=O)c1c(N)cc(Br)cc1Br. The molecule has 9 heteroatoms. The fourth-order valence-electron chi connectivity index (χ4n) is 1.51. The summed E-state index contributed by atoms with van der Waals surface area (Å²) < 4.78 is 28.1. The number of thiophene rings is 1. The smallest absolute Gasteiger partial charge is 0.265 e. The maximum Gasteiger partial charge on any atom is 0.265 e. The summed E-state index contributed by atoms with van der Waals surface area (Å²) >= 11 is 7.55. The largest absolute Gasteiger partial charge is 0.398 e. The first-order valence-electron chi connectivity index (χ1n) is 5.10. The Labute approximate surface area is 136 Å². The van der Waals surface area contributed by atoms with Crippen LogP contribution in [0.1, 0.15) is 5.56 Å². The van der Waals surface area contributed by atoms with Gasteiger partial charge in [0.05, 0.1) is 11.3 Å². The minimum Gasteiger partial charge on any atom is -0.398 e. The van der Waals surface area contributed by atoms with E-state index in [-0.39, 0.29) is 21.1 Å². The van der Waals surface area contributed by atoms with Crippen molar-refractivity contribution in [3.63, 3.8) is 0 Å². The molecular formula is C11H7Br2N3O2S2. The van der Waals surface area contributed by atoms with Crippen molar-refractivity contribution in [3.8, 4) is 6.07 Å². The van der Waals surface area contributed by atoms with E-state index in [0.717, 1.165) is 11.3 Å². The lowest BCUT2D eigenvalue weighted by atomic mass is 10.3. The van der Waals surface area contributed by atoms with Crippen molar-refractivity contribution in [3.05, 3.63) is 38.1 Å². The van der Waals surface area contributed by atoms with Crippen LogP contribution < -0.4 is 10.5 Å². The molecule has 1 aromatic carbocycles. The second kappa shape index (κ2) is 5.73. The third-order valence-corrected chi connectivity index (χ3v) is 6.09. The van der Waals surface area contributed by atoms with E-state index in [4.69, 9.17) is 11.0 Å². The van der Waals surface area contributed by atoms with Crippen LogP contribution in [0.5, 0.6) is 0 Å². The highest BCUT2D eigenvalue weighted by molar-refractivity contribution is 9.11. The molecule has 0 unspecified atom stereocenters. The first-order valence-corrected chi connectivity index (χ1v) is 9.05. The maximum absolute atomic E-state index is 12.4. The van der Waals surface area contributed by atoms with Gasteiger partial charge in [0.2, 0.25) is 0 Å². The number of nitrogen functional groups attached to an aromatic ring is 1. The van der Waals surface area contributed by atoms with Gasteiger partial charge in [0, 0.05) is 8.95 Å². The number of nitriles is 1. The fraction of sp³-hybridized carbons (Fsp3) is 0. The van der Waals surface area contributed by atoms with E-state index in [1.807, 2.05) is 6.07 Å². The van der Waals surface area contributed by atoms with E-state index in [1.165, 1.54) is 6.07 Å². The molecule has 0 radical (unpaired) electrons. The number of hydrogen-bond acceptors (Lipinski definition) is 5. The van der Waals surface area contributed by atoms with Crippen molar-refractivity contribution in [1.82, 2.24) is 0 Å². The molecule has 2 aromatic rings. The molecule has 104 valence electrons. The molecule has 0 saturated heterocycles. The van der Waals surface area contributed by atoms with Crippen molar-refractivity contribution in [2.75, 3.05) is 10.5 Å². The van der Waals surface area contributed by atoms with Gasteiger partial charge >= 0.3 is 0 Å². The second-order valence-corrected chi connectivity index (χ2v) is 7.99. The molecule has 0 saturated carbocycles. The van der Waals surface area contributed by atoms with Crippen molar-refractivity contribution in [2.45, 2.75) is 4.90 Å². The summed E-state index contributed by atoms with van der Waals surface area (Å²) in [6.45, 7) is 0. The molecule has 0 spiro atoms. The van der Waals surface area contributed by atoms with Crippen LogP contribution in [0.25, 0.3) is 0 Å². The Bertz CT molecular complexity index is 786. The van der Waals surface area contributed by atoms with Gasteiger partial charge in [-0.1, -0.05) is 15.9 Å². The molecule has 0 atom stereocenters. The van der Waals surface area contributed by atoms with E-state index in [2.05, 4.69) is 36.6 Å². The van der Waals surface area contributed by atoms with Crippen LogP contribution in [0.2, 0.25) is 0 Å². The first-order chi connectivity index (χ1) is 9.35. The quantitative estimate of drug-likeness (QED) is 0.719. The summed E-state index contributed by atoms with van der Waals surface area (Å²) in [5, 5.41) is 10.8. The van der Waals surface area contributed by atoms with Crippen LogP contribution in [0, 0.1) is 11.3 Å². The standard InChI is InChI=1S/C11H7Br2N3O2S2/c12-7-3-8(13)10(9(15)4-7)20(17,18)16-11-6(5-14)1-2-19-11/h1-4,16H,15H2. The molecule has 0 aliphatic carbocycles. The second-order valence-electron chi connectivity index (χ2n) is 3.69. The molecule has 0 amide bonds. The lowest BCUT2D eigenvalue weighted by Gasteiger charge is -2.11. The number of nitrogens with two attached hydrogens (primary N) is 1. The van der Waals surface area contributed by atoms with E-state index < -0.39 is 10.0 Å². The number of nitrogens with one attached hydrogen (secondary N) is 1. The zero-order valence-electron chi connectivity index (χ0n) is 9.72. The Morgan fingerprint density at radius 3 is 2.65 bits per heavy atom. The molecule has 0 aliphatic rings. The van der Waals surface area contributed by atoms with Crippen LogP contribution >= 0.6 is 43.2 Å². The van der Waals surface area contributed by atoms with Gasteiger partial charge in [-0.3, -0.25) is 4.72 Å². The third-order valence-electron chi connectivity index (χ3n) is 2.32. The van der Waals surface area contributed by atoms with Gasteiger partial charge in [-0.15, -0.1) is 11.3 Å². The Morgan fingerprint density at radius 2 is 2.05 bits per heavy atom. The van der Waals surface area contributed by atoms with E-state index >= 15 is 0 Å². The van der Waals surface area contributed by atoms with Gasteiger partial charge in [0.1, 0.15) is 16.0 Å². The molecule has 20 heavy (non-hydrogen) atoms. The maximum atomic E-state index is 12.4. The highest BCUT2D eigenvalue weighted by Crippen LogP contribution is 2.34. The average Bonchev–Trinajstić information content (AvgIpc) is 2.73. The topological polar surface area (TPSA) is 96.0 Å². The Hall–Kier alpha value is -1.08. The fourth-order valence-corrected chi connectivity index (χ4v) is 5.65. The lowest BCUT2D eigenvalue weighted by molar-refractivity contribution is 0.601. The van der Waals surface area contributed by atoms with Gasteiger partial charge in [0.25, 0.3) is 10.0 Å². The van der Waals surface area contributed by atoms with Crippen molar-refractivity contribution >= 4 is 63.9 Å². The average molecular weight is 437 g/mol. The Kier molecular flexibility index (Phi) is 4.39. The molecule has 5 nitrogen and oxygen atoms in total. The van der Waals surface area contributed by atoms with Crippen molar-refractivity contribution in [1.29, 1.82) is 5.26 Å². The number of hydrogen-bond donors (Lipinski definition) is 2. The van der Waals surface area contributed by atoms with E-state index in [0.29, 0.717) is 8.95 Å². The molecule has 0 bridgehead atoms. The molecular weight excluding hydrogens is 430 g/mol. The van der Waals surface area contributed by atoms with Gasteiger partial charge in [-0.05, 0) is 39.5 Å². The Morgan fingerprint density at radius 1 is 1.35 bits per heavy atom. The van der Waals surface area contributed by atoms with Crippen LogP contribution in [-0.4, -0.2) is 8.42 Å². The minimum absolute atomic E-state index is 0.0574. The summed E-state index contributed by atoms with van der Waals surface area (Å²) in [5.41, 5.74) is 6.14. The number of halogens is 2. The Balaban J connectivity index is 2.50. The number of anilines is 2. The zero-order chi connectivity index (χ0) is 14.9. The van der Waals surface area contributed by atoms with E-state index in [9.17, 15) is 8.42 Å². The van der Waals surface area contributed by atoms with Crippen molar-refractivity contribution in [2.24, 2.45) is 0 Å². The van der Waals surface area contributed by atoms with Gasteiger partial charge < -0.3 is 5.73 Å². The number of nitrogens with zero attached hydrogens (tertiary/aromatic N) is 1. The molecule has 1 heterocycles. The van der Waals surface area contributed by atoms with Gasteiger partial charge in [-0.2, -0.15) is 5.26 Å². The number of benzene rings is 1. The minimum atomic E-state index is -3.88. The van der Waals surface area contributed by atoms with Crippen LogP contribution in [0.3, 0.4) is 0 Å². The van der Waals surface area contributed by atoms with E-state index in [1.54, 1.807) is 17.5 Å². The molecule has 0 fully saturated rings. The summed E-state index contributed by atoms with van der Waals surface area (Å²) in [4.78, 5) is -0.0574. The monoisotopic (exact) mass is 435 g/mol. The summed E-state index contributed by atoms with van der Waals surface area (Å²) in [7, 11) is -3.88. The molecule has 1 aromatic heterocycles. The highest BCUT2D eigenvalue weighted by atomic mass is 79.9. The molecule has 3 N–H and O–H groups in total.